The number of nitrogens with zero attached hydrogens (tertiary/aromatic N) is 4. The van der Waals surface area contributed by atoms with Crippen LogP contribution < -0.4 is 10.9 Å². The minimum atomic E-state index is -2.83. The predicted octanol–water partition coefficient (Wildman–Crippen LogP) is 6.86. The topological polar surface area (TPSA) is 63.1 Å². The van der Waals surface area contributed by atoms with Gasteiger partial charge in [0.25, 0.3) is 12.0 Å². The van der Waals surface area contributed by atoms with E-state index in [1.165, 1.54) is 60.5 Å². The molecule has 1 aromatic carbocycles. The lowest BCUT2D eigenvalue weighted by Gasteiger charge is -2.51. The number of aromatic nitrogens is 3. The van der Waals surface area contributed by atoms with Gasteiger partial charge in [0.15, 0.2) is 0 Å². The number of hydrogen-bond acceptors (Lipinski definition) is 6. The van der Waals surface area contributed by atoms with Gasteiger partial charge in [0.2, 0.25) is 5.95 Å². The quantitative estimate of drug-likeness (QED) is 0.369. The van der Waals surface area contributed by atoms with Crippen molar-refractivity contribution in [3.63, 3.8) is 0 Å². The predicted molar refractivity (Wildman–Crippen MR) is 149 cm³/mol. The van der Waals surface area contributed by atoms with E-state index in [1.54, 1.807) is 0 Å². The van der Waals surface area contributed by atoms with Crippen LogP contribution in [0.15, 0.2) is 40.2 Å². The Morgan fingerprint density at radius 1 is 1.13 bits per heavy atom. The minimum Gasteiger partial charge on any atom is -0.324 e. The number of thioether (sulfide) groups is 1. The van der Waals surface area contributed by atoms with Crippen molar-refractivity contribution in [1.82, 2.24) is 19.4 Å². The van der Waals surface area contributed by atoms with Gasteiger partial charge in [-0.15, -0.1) is 11.8 Å². The number of fused-ring (bicyclic) bond motifs is 1. The number of likely N-dealkylation sites (tertiary alicyclic amines) is 1. The third-order valence-corrected chi connectivity index (χ3v) is 10.0. The Hall–Kier alpha value is -2.52. The van der Waals surface area contributed by atoms with Crippen LogP contribution in [0.4, 0.5) is 20.4 Å². The van der Waals surface area contributed by atoms with Crippen molar-refractivity contribution in [2.45, 2.75) is 80.9 Å². The smallest absolute Gasteiger partial charge is 0.269 e. The number of nitrogens with one attached hydrogen (secondary N) is 1. The fourth-order valence-corrected chi connectivity index (χ4v) is 8.16. The lowest BCUT2D eigenvalue weighted by molar-refractivity contribution is 0.0491. The van der Waals surface area contributed by atoms with Gasteiger partial charge in [-0.25, -0.2) is 13.8 Å². The molecule has 2 aromatic heterocycles. The van der Waals surface area contributed by atoms with Gasteiger partial charge >= 0.3 is 0 Å². The van der Waals surface area contributed by atoms with Gasteiger partial charge in [0.05, 0.1) is 5.56 Å². The third-order valence-electron chi connectivity index (χ3n) is 8.84. The van der Waals surface area contributed by atoms with Gasteiger partial charge in [-0.2, -0.15) is 4.98 Å². The maximum absolute atomic E-state index is 13.6. The molecule has 0 unspecified atom stereocenters. The van der Waals surface area contributed by atoms with E-state index >= 15 is 0 Å². The molecule has 9 heteroatoms. The Labute approximate surface area is 226 Å². The average molecular weight is 540 g/mol. The van der Waals surface area contributed by atoms with Crippen LogP contribution >= 0.6 is 11.8 Å². The number of aryl methyl sites for hydroxylation is 1. The Kier molecular flexibility index (Phi) is 6.93. The van der Waals surface area contributed by atoms with Gasteiger partial charge < -0.3 is 10.2 Å². The number of alkyl halides is 2. The molecule has 1 spiro atoms. The molecule has 1 aliphatic heterocycles. The Morgan fingerprint density at radius 2 is 1.87 bits per heavy atom. The SMILES string of the molecule is Cc1cc(SC2CC3(CCN(C)CC3)C2)ccc1Nc1ncc2cc(C(F)F)c(=O)n(C3CCCC3)c2n1. The fraction of sp³-hybridized carbons (Fsp3) is 0.552. The highest BCUT2D eigenvalue weighted by molar-refractivity contribution is 8.00. The number of halogens is 2. The molecule has 202 valence electrons. The molecular formula is C29H35F2N5OS. The molecule has 2 aliphatic carbocycles. The van der Waals surface area contributed by atoms with Crippen LogP contribution in [0.5, 0.6) is 0 Å². The molecule has 38 heavy (non-hydrogen) atoms. The number of anilines is 2. The second kappa shape index (κ2) is 10.2. The summed E-state index contributed by atoms with van der Waals surface area (Å²) in [5.74, 6) is 0.361. The van der Waals surface area contributed by atoms with E-state index in [9.17, 15) is 13.6 Å². The van der Waals surface area contributed by atoms with Crippen molar-refractivity contribution in [3.8, 4) is 0 Å². The summed E-state index contributed by atoms with van der Waals surface area (Å²) >= 11 is 1.98. The minimum absolute atomic E-state index is 0.107. The van der Waals surface area contributed by atoms with E-state index in [0.717, 1.165) is 36.9 Å². The van der Waals surface area contributed by atoms with Crippen LogP contribution in [0.25, 0.3) is 11.0 Å². The number of benzene rings is 1. The fourth-order valence-electron chi connectivity index (χ4n) is 6.51. The largest absolute Gasteiger partial charge is 0.324 e. The van der Waals surface area contributed by atoms with Crippen molar-refractivity contribution in [2.75, 3.05) is 25.5 Å². The maximum Gasteiger partial charge on any atom is 0.269 e. The maximum atomic E-state index is 13.6. The molecule has 2 saturated carbocycles. The first-order valence-electron chi connectivity index (χ1n) is 13.7. The van der Waals surface area contributed by atoms with Crippen LogP contribution in [0.3, 0.4) is 0 Å². The van der Waals surface area contributed by atoms with E-state index in [2.05, 4.69) is 52.4 Å². The lowest BCUT2D eigenvalue weighted by atomic mass is 9.63. The second-order valence-corrected chi connectivity index (χ2v) is 12.9. The molecule has 0 bridgehead atoms. The molecule has 3 fully saturated rings. The summed E-state index contributed by atoms with van der Waals surface area (Å²) in [6.45, 7) is 4.51. The Bertz CT molecular complexity index is 1390. The van der Waals surface area contributed by atoms with Crippen LogP contribution in [0, 0.1) is 12.3 Å². The van der Waals surface area contributed by atoms with Gasteiger partial charge in [-0.1, -0.05) is 12.8 Å². The highest BCUT2D eigenvalue weighted by Gasteiger charge is 2.45. The van der Waals surface area contributed by atoms with Crippen molar-refractivity contribution in [1.29, 1.82) is 0 Å². The van der Waals surface area contributed by atoms with Crippen molar-refractivity contribution in [3.05, 3.63) is 51.9 Å². The zero-order valence-corrected chi connectivity index (χ0v) is 22.9. The van der Waals surface area contributed by atoms with Crippen molar-refractivity contribution >= 4 is 34.4 Å². The summed E-state index contributed by atoms with van der Waals surface area (Å²) in [5, 5.41) is 4.45. The standard InChI is InChI=1S/C29H35F2N5OS/c1-18-13-21(38-22-15-29(16-22)9-11-35(2)12-10-29)7-8-24(18)33-28-32-17-19-14-23(25(30)31)27(37)36(26(19)34-28)20-5-3-4-6-20/h7-8,13-14,17,20,22,25H,3-6,9-12,15-16H2,1-2H3,(H,32,33,34). The first kappa shape index (κ1) is 25.7. The Morgan fingerprint density at radius 3 is 2.55 bits per heavy atom. The average Bonchev–Trinajstić information content (AvgIpc) is 3.40. The van der Waals surface area contributed by atoms with E-state index in [-0.39, 0.29) is 6.04 Å². The number of piperidine rings is 1. The summed E-state index contributed by atoms with van der Waals surface area (Å²) in [6.07, 6.45) is 7.54. The highest BCUT2D eigenvalue weighted by Crippen LogP contribution is 2.54. The Balaban J connectivity index is 1.20. The van der Waals surface area contributed by atoms with E-state index in [4.69, 9.17) is 0 Å². The van der Waals surface area contributed by atoms with Gasteiger partial charge in [0.1, 0.15) is 5.65 Å². The second-order valence-electron chi connectivity index (χ2n) is 11.5. The normalized spacial score (nSPS) is 20.4. The molecule has 0 atom stereocenters. The molecule has 1 saturated heterocycles. The summed E-state index contributed by atoms with van der Waals surface area (Å²) in [4.78, 5) is 25.8. The first-order chi connectivity index (χ1) is 18.3. The van der Waals surface area contributed by atoms with Crippen LogP contribution in [-0.2, 0) is 0 Å². The van der Waals surface area contributed by atoms with Crippen molar-refractivity contribution in [2.24, 2.45) is 5.41 Å². The van der Waals surface area contributed by atoms with Crippen molar-refractivity contribution < 1.29 is 8.78 Å². The third kappa shape index (κ3) is 4.95. The molecule has 0 radical (unpaired) electrons. The molecular weight excluding hydrogens is 504 g/mol. The molecule has 3 aliphatic rings. The van der Waals surface area contributed by atoms with Crippen LogP contribution in [0.2, 0.25) is 0 Å². The van der Waals surface area contributed by atoms with E-state index in [0.29, 0.717) is 27.6 Å². The number of hydrogen-bond donors (Lipinski definition) is 1. The summed E-state index contributed by atoms with van der Waals surface area (Å²) in [7, 11) is 2.22. The number of pyridine rings is 1. The molecule has 3 aromatic rings. The molecule has 1 N–H and O–H groups in total. The summed E-state index contributed by atoms with van der Waals surface area (Å²) in [6, 6.07) is 7.54. The molecule has 6 nitrogen and oxygen atoms in total. The van der Waals surface area contributed by atoms with Gasteiger partial charge in [0, 0.05) is 33.5 Å². The zero-order valence-electron chi connectivity index (χ0n) is 22.1. The van der Waals surface area contributed by atoms with Crippen LogP contribution in [-0.4, -0.2) is 44.8 Å². The molecule has 0 amide bonds. The summed E-state index contributed by atoms with van der Waals surface area (Å²) < 4.78 is 28.7. The first-order valence-corrected chi connectivity index (χ1v) is 14.6. The monoisotopic (exact) mass is 539 g/mol. The van der Waals surface area contributed by atoms with E-state index < -0.39 is 17.5 Å². The zero-order chi connectivity index (χ0) is 26.4. The lowest BCUT2D eigenvalue weighted by Crippen LogP contribution is -2.47. The summed E-state index contributed by atoms with van der Waals surface area (Å²) in [5.41, 5.74) is 1.86. The van der Waals surface area contributed by atoms with Gasteiger partial charge in [-0.05, 0) is 101 Å². The van der Waals surface area contributed by atoms with Crippen LogP contribution in [0.1, 0.15) is 75.0 Å². The number of rotatable bonds is 6. The molecule has 3 heterocycles. The molecule has 6 rings (SSSR count). The van der Waals surface area contributed by atoms with E-state index in [1.807, 2.05) is 11.8 Å². The highest BCUT2D eigenvalue weighted by atomic mass is 32.2. The van der Waals surface area contributed by atoms with Gasteiger partial charge in [-0.3, -0.25) is 9.36 Å².